The van der Waals surface area contributed by atoms with Crippen molar-refractivity contribution in [2.24, 2.45) is 0 Å². The van der Waals surface area contributed by atoms with Crippen LogP contribution in [0.3, 0.4) is 0 Å². The Hall–Kier alpha value is -2.86. The van der Waals surface area contributed by atoms with Gasteiger partial charge in [-0.05, 0) is 61.9 Å². The highest BCUT2D eigenvalue weighted by atomic mass is 32.2. The number of aromatic nitrogens is 2. The second-order valence-corrected chi connectivity index (χ2v) is 8.07. The number of carbonyl (C=O) groups excluding carboxylic acids is 1. The minimum Gasteiger partial charge on any atom is -0.370 e. The van der Waals surface area contributed by atoms with Gasteiger partial charge in [0.2, 0.25) is 5.91 Å². The molecule has 30 heavy (non-hydrogen) atoms. The number of thioether (sulfide) groups is 1. The van der Waals surface area contributed by atoms with Crippen molar-refractivity contribution in [1.82, 2.24) is 9.97 Å². The minimum absolute atomic E-state index is 0.00636. The zero-order chi connectivity index (χ0) is 21.5. The highest BCUT2D eigenvalue weighted by molar-refractivity contribution is 7.98. The van der Waals surface area contributed by atoms with Crippen LogP contribution in [-0.2, 0) is 17.8 Å². The Morgan fingerprint density at radius 3 is 2.23 bits per heavy atom. The second-order valence-electron chi connectivity index (χ2n) is 7.30. The van der Waals surface area contributed by atoms with Crippen LogP contribution in [0.4, 0.5) is 11.4 Å². The van der Waals surface area contributed by atoms with Gasteiger partial charge in [0.05, 0.1) is 0 Å². The Morgan fingerprint density at radius 1 is 1.00 bits per heavy atom. The van der Waals surface area contributed by atoms with Gasteiger partial charge < -0.3 is 10.2 Å². The number of nitrogens with one attached hydrogen (secondary N) is 1. The molecule has 1 aromatic heterocycles. The van der Waals surface area contributed by atoms with Crippen molar-refractivity contribution in [2.45, 2.75) is 38.4 Å². The maximum atomic E-state index is 12.4. The molecule has 0 fully saturated rings. The predicted octanol–water partition coefficient (Wildman–Crippen LogP) is 5.02. The molecule has 2 aromatic carbocycles. The summed E-state index contributed by atoms with van der Waals surface area (Å²) < 4.78 is 0. The average Bonchev–Trinajstić information content (AvgIpc) is 2.74. The van der Waals surface area contributed by atoms with Gasteiger partial charge in [0.15, 0.2) is 5.16 Å². The van der Waals surface area contributed by atoms with Crippen molar-refractivity contribution in [3.8, 4) is 0 Å². The zero-order valence-electron chi connectivity index (χ0n) is 18.0. The fourth-order valence-electron chi connectivity index (χ4n) is 3.37. The molecule has 1 N–H and O–H groups in total. The molecule has 0 atom stereocenters. The topological polar surface area (TPSA) is 58.1 Å². The lowest BCUT2D eigenvalue weighted by molar-refractivity contribution is -0.116. The molecule has 1 heterocycles. The van der Waals surface area contributed by atoms with E-state index < -0.39 is 0 Å². The highest BCUT2D eigenvalue weighted by Gasteiger charge is 2.11. The molecule has 6 heteroatoms. The van der Waals surface area contributed by atoms with Crippen molar-refractivity contribution >= 4 is 29.0 Å². The van der Waals surface area contributed by atoms with Crippen molar-refractivity contribution in [1.29, 1.82) is 0 Å². The van der Waals surface area contributed by atoms with E-state index in [-0.39, 0.29) is 5.91 Å². The van der Waals surface area contributed by atoms with E-state index in [2.05, 4.69) is 39.4 Å². The largest absolute Gasteiger partial charge is 0.370 e. The minimum atomic E-state index is -0.00636. The number of anilines is 2. The van der Waals surface area contributed by atoms with Gasteiger partial charge in [-0.1, -0.05) is 42.1 Å². The first-order chi connectivity index (χ1) is 14.5. The molecule has 5 nitrogen and oxygen atoms in total. The third-order valence-electron chi connectivity index (χ3n) is 5.04. The van der Waals surface area contributed by atoms with E-state index in [0.29, 0.717) is 12.8 Å². The van der Waals surface area contributed by atoms with Crippen LogP contribution >= 0.6 is 11.8 Å². The first-order valence-electron chi connectivity index (χ1n) is 9.99. The van der Waals surface area contributed by atoms with Crippen molar-refractivity contribution < 1.29 is 4.79 Å². The standard InChI is InChI=1S/C24H28N4OS/c1-17-22(18(2)26-24(25-17)30-4)14-15-23(29)27-20-10-12-21(13-11-20)28(3)16-19-8-6-5-7-9-19/h5-13H,14-16H2,1-4H3,(H,27,29). The van der Waals surface area contributed by atoms with Gasteiger partial charge in [0.25, 0.3) is 0 Å². The molecule has 0 aliphatic carbocycles. The SMILES string of the molecule is CSc1nc(C)c(CCC(=O)Nc2ccc(N(C)Cc3ccccc3)cc2)c(C)n1. The molecule has 0 aliphatic rings. The van der Waals surface area contributed by atoms with Crippen LogP contribution in [0, 0.1) is 13.8 Å². The van der Waals surface area contributed by atoms with Crippen LogP contribution in [0.1, 0.15) is 28.9 Å². The summed E-state index contributed by atoms with van der Waals surface area (Å²) in [5, 5.41) is 3.76. The Kier molecular flexibility index (Phi) is 7.46. The molecule has 0 saturated heterocycles. The monoisotopic (exact) mass is 420 g/mol. The number of amides is 1. The molecular formula is C24H28N4OS. The Bertz CT molecular complexity index is 967. The van der Waals surface area contributed by atoms with Crippen LogP contribution in [0.25, 0.3) is 0 Å². The summed E-state index contributed by atoms with van der Waals surface area (Å²) >= 11 is 1.53. The lowest BCUT2D eigenvalue weighted by Gasteiger charge is -2.20. The van der Waals surface area contributed by atoms with Crippen LogP contribution < -0.4 is 10.2 Å². The van der Waals surface area contributed by atoms with Gasteiger partial charge in [0, 0.05) is 42.8 Å². The lowest BCUT2D eigenvalue weighted by Crippen LogP contribution is -2.16. The number of hydrogen-bond acceptors (Lipinski definition) is 5. The quantitative estimate of drug-likeness (QED) is 0.409. The first kappa shape index (κ1) is 21.8. The van der Waals surface area contributed by atoms with Gasteiger partial charge in [-0.25, -0.2) is 9.97 Å². The van der Waals surface area contributed by atoms with Gasteiger partial charge in [-0.3, -0.25) is 4.79 Å². The van der Waals surface area contributed by atoms with Gasteiger partial charge in [-0.15, -0.1) is 0 Å². The molecule has 156 valence electrons. The lowest BCUT2D eigenvalue weighted by atomic mass is 10.1. The smallest absolute Gasteiger partial charge is 0.224 e. The van der Waals surface area contributed by atoms with Gasteiger partial charge in [0.1, 0.15) is 0 Å². The fourth-order valence-corrected chi connectivity index (χ4v) is 3.83. The molecule has 0 spiro atoms. The summed E-state index contributed by atoms with van der Waals surface area (Å²) in [6.07, 6.45) is 3.00. The van der Waals surface area contributed by atoms with E-state index in [1.54, 1.807) is 0 Å². The molecule has 0 aliphatic heterocycles. The Balaban J connectivity index is 1.55. The zero-order valence-corrected chi connectivity index (χ0v) is 18.8. The predicted molar refractivity (Wildman–Crippen MR) is 125 cm³/mol. The first-order valence-corrected chi connectivity index (χ1v) is 11.2. The third-order valence-corrected chi connectivity index (χ3v) is 5.59. The summed E-state index contributed by atoms with van der Waals surface area (Å²) in [6, 6.07) is 18.3. The summed E-state index contributed by atoms with van der Waals surface area (Å²) in [4.78, 5) is 23.6. The fraction of sp³-hybridized carbons (Fsp3) is 0.292. The maximum Gasteiger partial charge on any atom is 0.224 e. The van der Waals surface area contributed by atoms with E-state index in [1.807, 2.05) is 62.6 Å². The normalized spacial score (nSPS) is 10.7. The molecule has 3 aromatic rings. The average molecular weight is 421 g/mol. The number of carbonyl (C=O) groups is 1. The highest BCUT2D eigenvalue weighted by Crippen LogP contribution is 2.20. The maximum absolute atomic E-state index is 12.4. The van der Waals surface area contributed by atoms with E-state index in [0.717, 1.165) is 40.0 Å². The van der Waals surface area contributed by atoms with Crippen molar-refractivity contribution in [3.05, 3.63) is 77.1 Å². The molecule has 0 saturated carbocycles. The van der Waals surface area contributed by atoms with Gasteiger partial charge in [-0.2, -0.15) is 0 Å². The molecule has 1 amide bonds. The van der Waals surface area contributed by atoms with E-state index in [4.69, 9.17) is 0 Å². The van der Waals surface area contributed by atoms with Crippen LogP contribution in [0.15, 0.2) is 59.8 Å². The Labute approximate surface area is 182 Å². The third kappa shape index (κ3) is 5.83. The van der Waals surface area contributed by atoms with E-state index in [1.165, 1.54) is 17.3 Å². The van der Waals surface area contributed by atoms with Crippen LogP contribution in [0.5, 0.6) is 0 Å². The Morgan fingerprint density at radius 2 is 1.63 bits per heavy atom. The summed E-state index contributed by atoms with van der Waals surface area (Å²) in [5.74, 6) is -0.00636. The molecule has 0 radical (unpaired) electrons. The second kappa shape index (κ2) is 10.3. The van der Waals surface area contributed by atoms with E-state index >= 15 is 0 Å². The van der Waals surface area contributed by atoms with Crippen molar-refractivity contribution in [3.63, 3.8) is 0 Å². The number of benzene rings is 2. The number of rotatable bonds is 8. The van der Waals surface area contributed by atoms with Crippen LogP contribution in [-0.4, -0.2) is 29.2 Å². The van der Waals surface area contributed by atoms with Crippen molar-refractivity contribution in [2.75, 3.05) is 23.5 Å². The summed E-state index contributed by atoms with van der Waals surface area (Å²) in [6.45, 7) is 4.79. The number of hydrogen-bond donors (Lipinski definition) is 1. The van der Waals surface area contributed by atoms with Gasteiger partial charge >= 0.3 is 0 Å². The molecule has 0 unspecified atom stereocenters. The number of nitrogens with zero attached hydrogens (tertiary/aromatic N) is 3. The molecule has 0 bridgehead atoms. The molecule has 3 rings (SSSR count). The number of aryl methyl sites for hydroxylation is 2. The summed E-state index contributed by atoms with van der Waals surface area (Å²) in [7, 11) is 2.07. The summed E-state index contributed by atoms with van der Waals surface area (Å²) in [5.41, 5.74) is 6.13. The van der Waals surface area contributed by atoms with E-state index in [9.17, 15) is 4.79 Å². The van der Waals surface area contributed by atoms with Crippen LogP contribution in [0.2, 0.25) is 0 Å². The molecular weight excluding hydrogens is 392 g/mol.